The van der Waals surface area contributed by atoms with E-state index in [1.54, 1.807) is 0 Å². The van der Waals surface area contributed by atoms with Crippen molar-refractivity contribution in [2.24, 2.45) is 11.3 Å². The third kappa shape index (κ3) is 2.04. The summed E-state index contributed by atoms with van der Waals surface area (Å²) >= 11 is 0. The minimum Gasteiger partial charge on any atom is -0.380 e. The van der Waals surface area contributed by atoms with Gasteiger partial charge in [0.1, 0.15) is 0 Å². The van der Waals surface area contributed by atoms with Crippen LogP contribution in [-0.4, -0.2) is 23.7 Å². The minimum atomic E-state index is 0.211. The molecule has 3 rings (SSSR count). The van der Waals surface area contributed by atoms with Crippen molar-refractivity contribution in [1.82, 2.24) is 4.98 Å². The fourth-order valence-corrected chi connectivity index (χ4v) is 3.82. The Morgan fingerprint density at radius 2 is 2.11 bits per heavy atom. The van der Waals surface area contributed by atoms with Crippen molar-refractivity contribution >= 4 is 5.69 Å². The molecule has 3 heteroatoms. The zero-order valence-electron chi connectivity index (χ0n) is 12.4. The molecule has 0 aromatic carbocycles. The maximum atomic E-state index is 5.95. The third-order valence-corrected chi connectivity index (χ3v) is 4.87. The molecule has 2 aliphatic rings. The number of nitrogens with zero attached hydrogens (tertiary/aromatic N) is 1. The Kier molecular flexibility index (Phi) is 3.05. The van der Waals surface area contributed by atoms with Crippen molar-refractivity contribution in [3.63, 3.8) is 0 Å². The van der Waals surface area contributed by atoms with Crippen LogP contribution < -0.4 is 5.32 Å². The maximum absolute atomic E-state index is 5.95. The number of anilines is 1. The summed E-state index contributed by atoms with van der Waals surface area (Å²) < 4.78 is 5.95. The van der Waals surface area contributed by atoms with Gasteiger partial charge in [-0.05, 0) is 38.8 Å². The Morgan fingerprint density at radius 1 is 1.32 bits per heavy atom. The first-order valence-electron chi connectivity index (χ1n) is 7.32. The van der Waals surface area contributed by atoms with E-state index in [1.165, 1.54) is 18.5 Å². The number of hydrogen-bond donors (Lipinski definition) is 1. The van der Waals surface area contributed by atoms with Crippen LogP contribution in [0.3, 0.4) is 0 Å². The Balaban J connectivity index is 1.79. The van der Waals surface area contributed by atoms with E-state index in [4.69, 9.17) is 4.74 Å². The Bertz CT molecular complexity index is 484. The van der Waals surface area contributed by atoms with Crippen molar-refractivity contribution in [3.05, 3.63) is 23.5 Å². The van der Waals surface area contributed by atoms with Crippen LogP contribution in [-0.2, 0) is 4.74 Å². The lowest BCUT2D eigenvalue weighted by Gasteiger charge is -2.60. The molecule has 2 heterocycles. The fraction of sp³-hybridized carbons (Fsp3) is 0.688. The zero-order valence-corrected chi connectivity index (χ0v) is 12.4. The van der Waals surface area contributed by atoms with Gasteiger partial charge in [0.2, 0.25) is 0 Å². The topological polar surface area (TPSA) is 34.1 Å². The lowest BCUT2D eigenvalue weighted by molar-refractivity contribution is -0.177. The number of fused-ring (bicyclic) bond motifs is 1. The van der Waals surface area contributed by atoms with Gasteiger partial charge in [-0.25, -0.2) is 0 Å². The fourth-order valence-electron chi connectivity index (χ4n) is 3.82. The quantitative estimate of drug-likeness (QED) is 0.885. The highest BCUT2D eigenvalue weighted by molar-refractivity contribution is 5.50. The van der Waals surface area contributed by atoms with Crippen LogP contribution >= 0.6 is 0 Å². The molecule has 1 aromatic rings. The van der Waals surface area contributed by atoms with E-state index < -0.39 is 0 Å². The van der Waals surface area contributed by atoms with Gasteiger partial charge in [0, 0.05) is 29.7 Å². The van der Waals surface area contributed by atoms with Gasteiger partial charge in [-0.1, -0.05) is 13.8 Å². The van der Waals surface area contributed by atoms with Crippen molar-refractivity contribution in [1.29, 1.82) is 0 Å². The summed E-state index contributed by atoms with van der Waals surface area (Å²) in [4.78, 5) is 4.54. The number of hydrogen-bond acceptors (Lipinski definition) is 3. The van der Waals surface area contributed by atoms with Crippen molar-refractivity contribution < 1.29 is 4.74 Å². The van der Waals surface area contributed by atoms with Gasteiger partial charge in [0.25, 0.3) is 0 Å². The number of aromatic nitrogens is 1. The number of nitrogens with one attached hydrogen (secondary N) is 1. The number of pyridine rings is 1. The molecule has 1 aliphatic carbocycles. The molecule has 1 aliphatic heterocycles. The van der Waals surface area contributed by atoms with E-state index in [1.807, 2.05) is 6.92 Å². The second-order valence-electron chi connectivity index (χ2n) is 6.63. The molecule has 2 fully saturated rings. The predicted molar refractivity (Wildman–Crippen MR) is 77.4 cm³/mol. The molecule has 3 nitrogen and oxygen atoms in total. The summed E-state index contributed by atoms with van der Waals surface area (Å²) in [6, 6.07) is 4.74. The molecule has 3 atom stereocenters. The molecule has 0 radical (unpaired) electrons. The molecule has 0 bridgehead atoms. The summed E-state index contributed by atoms with van der Waals surface area (Å²) in [5.74, 6) is 0.657. The highest BCUT2D eigenvalue weighted by Gasteiger charge is 2.57. The first kappa shape index (κ1) is 12.9. The van der Waals surface area contributed by atoms with Crippen molar-refractivity contribution in [2.45, 2.75) is 52.7 Å². The number of aryl methyl sites for hydroxylation is 2. The van der Waals surface area contributed by atoms with E-state index in [2.05, 4.69) is 43.2 Å². The van der Waals surface area contributed by atoms with E-state index in [9.17, 15) is 0 Å². The molecule has 19 heavy (non-hydrogen) atoms. The van der Waals surface area contributed by atoms with E-state index in [-0.39, 0.29) is 5.41 Å². The van der Waals surface area contributed by atoms with Crippen LogP contribution in [0.1, 0.15) is 38.1 Å². The molecule has 0 spiro atoms. The standard InChI is InChI=1S/C16H24N2O/c1-10-7-8-13(11(2)17-10)18-14-12-6-5-9-19-15(12)16(14,3)4/h7-8,12,14-15,18H,5-6,9H2,1-4H3. The SMILES string of the molecule is Cc1ccc(NC2C3CCCOC3C2(C)C)c(C)n1. The van der Waals surface area contributed by atoms with Gasteiger partial charge in [0.05, 0.1) is 17.5 Å². The molecule has 1 saturated heterocycles. The van der Waals surface area contributed by atoms with Gasteiger partial charge in [0.15, 0.2) is 0 Å². The predicted octanol–water partition coefficient (Wildman–Crippen LogP) is 3.31. The Labute approximate surface area is 115 Å². The second-order valence-corrected chi connectivity index (χ2v) is 6.63. The highest BCUT2D eigenvalue weighted by atomic mass is 16.5. The minimum absolute atomic E-state index is 0.211. The largest absolute Gasteiger partial charge is 0.380 e. The number of ether oxygens (including phenoxy) is 1. The second kappa shape index (κ2) is 4.48. The molecule has 104 valence electrons. The monoisotopic (exact) mass is 260 g/mol. The molecular weight excluding hydrogens is 236 g/mol. The van der Waals surface area contributed by atoms with Gasteiger partial charge in [-0.2, -0.15) is 0 Å². The summed E-state index contributed by atoms with van der Waals surface area (Å²) in [6.45, 7) is 9.68. The first-order valence-corrected chi connectivity index (χ1v) is 7.32. The first-order chi connectivity index (χ1) is 9.00. The Morgan fingerprint density at radius 3 is 2.84 bits per heavy atom. The van der Waals surface area contributed by atoms with Gasteiger partial charge in [-0.3, -0.25) is 4.98 Å². The average molecular weight is 260 g/mol. The van der Waals surface area contributed by atoms with Crippen LogP contribution in [0.4, 0.5) is 5.69 Å². The van der Waals surface area contributed by atoms with Crippen molar-refractivity contribution in [3.8, 4) is 0 Å². The van der Waals surface area contributed by atoms with E-state index in [0.29, 0.717) is 18.1 Å². The molecule has 1 saturated carbocycles. The lowest BCUT2D eigenvalue weighted by Crippen LogP contribution is -2.67. The summed E-state index contributed by atoms with van der Waals surface area (Å²) in [5.41, 5.74) is 3.56. The van der Waals surface area contributed by atoms with Crippen LogP contribution in [0.5, 0.6) is 0 Å². The normalized spacial score (nSPS) is 32.3. The van der Waals surface area contributed by atoms with Gasteiger partial charge in [-0.15, -0.1) is 0 Å². The third-order valence-electron chi connectivity index (χ3n) is 4.87. The average Bonchev–Trinajstić information content (AvgIpc) is 2.37. The zero-order chi connectivity index (χ0) is 13.6. The van der Waals surface area contributed by atoms with E-state index in [0.717, 1.165) is 18.0 Å². The lowest BCUT2D eigenvalue weighted by atomic mass is 9.55. The smallest absolute Gasteiger partial charge is 0.0693 e. The maximum Gasteiger partial charge on any atom is 0.0693 e. The molecule has 1 aromatic heterocycles. The van der Waals surface area contributed by atoms with Gasteiger partial charge < -0.3 is 10.1 Å². The van der Waals surface area contributed by atoms with Crippen LogP contribution in [0.25, 0.3) is 0 Å². The highest BCUT2D eigenvalue weighted by Crippen LogP contribution is 2.52. The molecule has 3 unspecified atom stereocenters. The Hall–Kier alpha value is -1.09. The summed E-state index contributed by atoms with van der Waals surface area (Å²) in [7, 11) is 0. The van der Waals surface area contributed by atoms with Crippen molar-refractivity contribution in [2.75, 3.05) is 11.9 Å². The number of rotatable bonds is 2. The van der Waals surface area contributed by atoms with Crippen LogP contribution in [0, 0.1) is 25.2 Å². The summed E-state index contributed by atoms with van der Waals surface area (Å²) in [5, 5.41) is 3.72. The van der Waals surface area contributed by atoms with Crippen LogP contribution in [0.2, 0.25) is 0 Å². The molecule has 0 amide bonds. The summed E-state index contributed by atoms with van der Waals surface area (Å²) in [6.07, 6.45) is 2.91. The molecule has 1 N–H and O–H groups in total. The van der Waals surface area contributed by atoms with Gasteiger partial charge >= 0.3 is 0 Å². The van der Waals surface area contributed by atoms with Crippen LogP contribution in [0.15, 0.2) is 12.1 Å². The van der Waals surface area contributed by atoms with E-state index >= 15 is 0 Å². The molecular formula is C16H24N2O.